The van der Waals surface area contributed by atoms with Crippen molar-refractivity contribution >= 4 is 16.8 Å². The van der Waals surface area contributed by atoms with Crippen molar-refractivity contribution in [1.82, 2.24) is 10.3 Å². The molecule has 0 unspecified atom stereocenters. The number of aliphatic hydroxyl groups excluding tert-OH is 1. The van der Waals surface area contributed by atoms with E-state index in [0.717, 1.165) is 0 Å². The fourth-order valence-electron chi connectivity index (χ4n) is 2.01. The van der Waals surface area contributed by atoms with Crippen LogP contribution >= 0.6 is 0 Å². The second-order valence-electron chi connectivity index (χ2n) is 4.62. The van der Waals surface area contributed by atoms with Crippen molar-refractivity contribution in [3.05, 3.63) is 35.8 Å². The summed E-state index contributed by atoms with van der Waals surface area (Å²) in [6, 6.07) is 6.17. The Balaban J connectivity index is 2.11. The summed E-state index contributed by atoms with van der Waals surface area (Å²) in [5.41, 5.74) is 0.948. The summed E-state index contributed by atoms with van der Waals surface area (Å²) in [6.07, 6.45) is 1.35. The van der Waals surface area contributed by atoms with Crippen LogP contribution < -0.4 is 5.32 Å². The third-order valence-corrected chi connectivity index (χ3v) is 3.03. The third-order valence-electron chi connectivity index (χ3n) is 3.03. The first-order chi connectivity index (χ1) is 9.11. The summed E-state index contributed by atoms with van der Waals surface area (Å²) in [4.78, 5) is 14.9. The van der Waals surface area contributed by atoms with E-state index in [2.05, 4.69) is 10.3 Å². The SMILES string of the molecule is C[C@@H](CCCO)NC(=O)c1cc2c(F)cccc2[nH]1. The van der Waals surface area contributed by atoms with E-state index in [9.17, 15) is 9.18 Å². The van der Waals surface area contributed by atoms with E-state index in [-0.39, 0.29) is 24.4 Å². The van der Waals surface area contributed by atoms with Gasteiger partial charge in [-0.15, -0.1) is 0 Å². The number of benzene rings is 1. The van der Waals surface area contributed by atoms with E-state index in [4.69, 9.17) is 5.11 Å². The lowest BCUT2D eigenvalue weighted by Crippen LogP contribution is -2.32. The maximum absolute atomic E-state index is 13.5. The minimum atomic E-state index is -0.346. The normalized spacial score (nSPS) is 12.6. The maximum Gasteiger partial charge on any atom is 0.267 e. The lowest BCUT2D eigenvalue weighted by atomic mass is 10.2. The van der Waals surface area contributed by atoms with Gasteiger partial charge in [0.1, 0.15) is 11.5 Å². The van der Waals surface area contributed by atoms with E-state index in [1.54, 1.807) is 12.1 Å². The molecule has 1 atom stereocenters. The van der Waals surface area contributed by atoms with Gasteiger partial charge in [0.15, 0.2) is 0 Å². The average Bonchev–Trinajstić information content (AvgIpc) is 2.82. The Morgan fingerprint density at radius 2 is 2.32 bits per heavy atom. The molecule has 0 radical (unpaired) electrons. The van der Waals surface area contributed by atoms with Gasteiger partial charge in [-0.2, -0.15) is 0 Å². The summed E-state index contributed by atoms with van der Waals surface area (Å²) in [7, 11) is 0. The number of rotatable bonds is 5. The van der Waals surface area contributed by atoms with Crippen molar-refractivity contribution in [3.8, 4) is 0 Å². The van der Waals surface area contributed by atoms with Gasteiger partial charge in [0.2, 0.25) is 0 Å². The highest BCUT2D eigenvalue weighted by atomic mass is 19.1. The van der Waals surface area contributed by atoms with E-state index >= 15 is 0 Å². The van der Waals surface area contributed by atoms with Gasteiger partial charge in [-0.3, -0.25) is 4.79 Å². The molecular weight excluding hydrogens is 247 g/mol. The number of aromatic nitrogens is 1. The van der Waals surface area contributed by atoms with E-state index in [0.29, 0.717) is 29.4 Å². The van der Waals surface area contributed by atoms with Crippen molar-refractivity contribution in [2.45, 2.75) is 25.8 Å². The topological polar surface area (TPSA) is 65.1 Å². The molecule has 0 aliphatic rings. The molecule has 1 amide bonds. The average molecular weight is 264 g/mol. The number of nitrogens with one attached hydrogen (secondary N) is 2. The Labute approximate surface area is 110 Å². The summed E-state index contributed by atoms with van der Waals surface area (Å²) in [6.45, 7) is 1.98. The first-order valence-electron chi connectivity index (χ1n) is 6.30. The zero-order valence-corrected chi connectivity index (χ0v) is 10.7. The number of hydrogen-bond donors (Lipinski definition) is 3. The maximum atomic E-state index is 13.5. The summed E-state index contributed by atoms with van der Waals surface area (Å²) >= 11 is 0. The van der Waals surface area contributed by atoms with Gasteiger partial charge in [-0.25, -0.2) is 4.39 Å². The number of aliphatic hydroxyl groups is 1. The molecule has 0 bridgehead atoms. The molecule has 102 valence electrons. The highest BCUT2D eigenvalue weighted by molar-refractivity contribution is 5.98. The first kappa shape index (κ1) is 13.5. The van der Waals surface area contributed by atoms with E-state index < -0.39 is 0 Å². The zero-order chi connectivity index (χ0) is 13.8. The van der Waals surface area contributed by atoms with Crippen LogP contribution in [0.1, 0.15) is 30.3 Å². The van der Waals surface area contributed by atoms with Crippen LogP contribution in [0.4, 0.5) is 4.39 Å². The molecule has 2 aromatic rings. The van der Waals surface area contributed by atoms with Crippen molar-refractivity contribution in [3.63, 3.8) is 0 Å². The molecule has 2 rings (SSSR count). The quantitative estimate of drug-likeness (QED) is 0.775. The standard InChI is InChI=1S/C14H17FN2O2/c1-9(4-3-7-18)16-14(19)13-8-10-11(15)5-2-6-12(10)17-13/h2,5-6,8-9,17-18H,3-4,7H2,1H3,(H,16,19)/t9-/m0/s1. The molecule has 0 fully saturated rings. The van der Waals surface area contributed by atoms with Gasteiger partial charge in [-0.1, -0.05) is 6.07 Å². The number of H-pyrrole nitrogens is 1. The van der Waals surface area contributed by atoms with Crippen molar-refractivity contribution in [1.29, 1.82) is 0 Å². The number of fused-ring (bicyclic) bond motifs is 1. The minimum Gasteiger partial charge on any atom is -0.396 e. The molecule has 0 aliphatic carbocycles. The monoisotopic (exact) mass is 264 g/mol. The minimum absolute atomic E-state index is 0.0316. The molecule has 4 nitrogen and oxygen atoms in total. The van der Waals surface area contributed by atoms with Crippen LogP contribution in [0.15, 0.2) is 24.3 Å². The summed E-state index contributed by atoms with van der Waals surface area (Å²) in [5, 5.41) is 12.0. The number of amides is 1. The number of carbonyl (C=O) groups excluding carboxylic acids is 1. The second-order valence-corrected chi connectivity index (χ2v) is 4.62. The fourth-order valence-corrected chi connectivity index (χ4v) is 2.01. The molecule has 0 saturated heterocycles. The Morgan fingerprint density at radius 1 is 1.53 bits per heavy atom. The Morgan fingerprint density at radius 3 is 3.00 bits per heavy atom. The Hall–Kier alpha value is -1.88. The highest BCUT2D eigenvalue weighted by Crippen LogP contribution is 2.18. The number of aromatic amines is 1. The van der Waals surface area contributed by atoms with Gasteiger partial charge in [-0.05, 0) is 38.0 Å². The van der Waals surface area contributed by atoms with Crippen LogP contribution in [-0.4, -0.2) is 28.6 Å². The van der Waals surface area contributed by atoms with Crippen molar-refractivity contribution in [2.75, 3.05) is 6.61 Å². The highest BCUT2D eigenvalue weighted by Gasteiger charge is 2.13. The van der Waals surface area contributed by atoms with Crippen molar-refractivity contribution in [2.24, 2.45) is 0 Å². The number of hydrogen-bond acceptors (Lipinski definition) is 2. The van der Waals surface area contributed by atoms with E-state index in [1.165, 1.54) is 12.1 Å². The van der Waals surface area contributed by atoms with Crippen LogP contribution in [0, 0.1) is 5.82 Å². The number of halogens is 1. The summed E-state index contributed by atoms with van der Waals surface area (Å²) < 4.78 is 13.5. The smallest absolute Gasteiger partial charge is 0.267 e. The lowest BCUT2D eigenvalue weighted by Gasteiger charge is -2.12. The molecule has 0 aliphatic heterocycles. The van der Waals surface area contributed by atoms with Crippen LogP contribution in [0.25, 0.3) is 10.9 Å². The van der Waals surface area contributed by atoms with Gasteiger partial charge in [0.05, 0.1) is 0 Å². The molecule has 3 N–H and O–H groups in total. The predicted molar refractivity (Wildman–Crippen MR) is 71.5 cm³/mol. The van der Waals surface area contributed by atoms with Gasteiger partial charge in [0.25, 0.3) is 5.91 Å². The van der Waals surface area contributed by atoms with Gasteiger partial charge < -0.3 is 15.4 Å². The van der Waals surface area contributed by atoms with Gasteiger partial charge >= 0.3 is 0 Å². The van der Waals surface area contributed by atoms with Crippen LogP contribution in [0.5, 0.6) is 0 Å². The van der Waals surface area contributed by atoms with Crippen LogP contribution in [0.3, 0.4) is 0 Å². The first-order valence-corrected chi connectivity index (χ1v) is 6.30. The molecule has 1 heterocycles. The van der Waals surface area contributed by atoms with Gasteiger partial charge in [0, 0.05) is 23.6 Å². The van der Waals surface area contributed by atoms with Crippen LogP contribution in [0.2, 0.25) is 0 Å². The third kappa shape index (κ3) is 3.12. The molecule has 0 saturated carbocycles. The Bertz CT molecular complexity index is 580. The molecule has 5 heteroatoms. The molecular formula is C14H17FN2O2. The van der Waals surface area contributed by atoms with E-state index in [1.807, 2.05) is 6.92 Å². The molecule has 1 aromatic heterocycles. The fraction of sp³-hybridized carbons (Fsp3) is 0.357. The molecule has 1 aromatic carbocycles. The summed E-state index contributed by atoms with van der Waals surface area (Å²) in [5.74, 6) is -0.609. The Kier molecular flexibility index (Phi) is 4.16. The predicted octanol–water partition coefficient (Wildman–Crippen LogP) is 2.20. The molecule has 0 spiro atoms. The van der Waals surface area contributed by atoms with Crippen LogP contribution in [-0.2, 0) is 0 Å². The largest absolute Gasteiger partial charge is 0.396 e. The zero-order valence-electron chi connectivity index (χ0n) is 10.7. The van der Waals surface area contributed by atoms with Crippen molar-refractivity contribution < 1.29 is 14.3 Å². The lowest BCUT2D eigenvalue weighted by molar-refractivity contribution is 0.0932. The molecule has 19 heavy (non-hydrogen) atoms. The number of carbonyl (C=O) groups is 1. The second kappa shape index (κ2) is 5.84.